The molecule has 64 valence electrons. The lowest BCUT2D eigenvalue weighted by atomic mass is 10.1. The van der Waals surface area contributed by atoms with Crippen LogP contribution in [-0.2, 0) is 0 Å². The predicted octanol–water partition coefficient (Wildman–Crippen LogP) is 3.66. The molecule has 2 heterocycles. The van der Waals surface area contributed by atoms with Gasteiger partial charge in [-0.25, -0.2) is 0 Å². The molecular weight excluding hydrogens is 198 g/mol. The van der Waals surface area contributed by atoms with E-state index in [4.69, 9.17) is 5.26 Å². The largest absolute Gasteiger partial charge is 0.198 e. The van der Waals surface area contributed by atoms with Gasteiger partial charge in [0.25, 0.3) is 0 Å². The van der Waals surface area contributed by atoms with Gasteiger partial charge in [-0.1, -0.05) is 17.8 Å². The smallest absolute Gasteiger partial charge is 0.0713 e. The highest BCUT2D eigenvalue weighted by Gasteiger charge is 2.05. The van der Waals surface area contributed by atoms with Crippen molar-refractivity contribution in [3.8, 4) is 6.07 Å². The van der Waals surface area contributed by atoms with Gasteiger partial charge in [0, 0.05) is 0 Å². The maximum atomic E-state index is 8.58. The Bertz CT molecular complexity index is 407. The van der Waals surface area contributed by atoms with Crippen molar-refractivity contribution in [1.29, 1.82) is 5.26 Å². The molecule has 0 spiro atoms. The zero-order chi connectivity index (χ0) is 9.10. The second-order valence-electron chi connectivity index (χ2n) is 2.64. The summed E-state index contributed by atoms with van der Waals surface area (Å²) in [6.07, 6.45) is 4.60. The summed E-state index contributed by atoms with van der Waals surface area (Å²) in [5, 5.41) is 12.7. The topological polar surface area (TPSA) is 23.8 Å². The Labute approximate surface area is 85.4 Å². The van der Waals surface area contributed by atoms with E-state index >= 15 is 0 Å². The molecule has 1 aromatic rings. The summed E-state index contributed by atoms with van der Waals surface area (Å²) in [4.78, 5) is 0. The van der Waals surface area contributed by atoms with Crippen LogP contribution in [0.2, 0.25) is 0 Å². The van der Waals surface area contributed by atoms with Crippen molar-refractivity contribution in [3.63, 3.8) is 0 Å². The van der Waals surface area contributed by atoms with Crippen molar-refractivity contribution >= 4 is 29.2 Å². The molecule has 0 unspecified atom stereocenters. The van der Waals surface area contributed by atoms with Crippen LogP contribution in [0.3, 0.4) is 0 Å². The lowest BCUT2D eigenvalue weighted by molar-refractivity contribution is 1.29. The monoisotopic (exact) mass is 205 g/mol. The van der Waals surface area contributed by atoms with Gasteiger partial charge in [0.15, 0.2) is 0 Å². The molecule has 0 radical (unpaired) electrons. The first-order chi connectivity index (χ1) is 6.40. The van der Waals surface area contributed by atoms with Gasteiger partial charge < -0.3 is 0 Å². The number of thioether (sulfide) groups is 1. The molecule has 0 saturated heterocycles. The molecule has 1 aromatic heterocycles. The van der Waals surface area contributed by atoms with E-state index in [1.165, 1.54) is 9.77 Å². The van der Waals surface area contributed by atoms with E-state index in [0.717, 1.165) is 5.57 Å². The fourth-order valence-corrected chi connectivity index (χ4v) is 2.93. The molecule has 0 saturated carbocycles. The molecule has 1 aliphatic heterocycles. The van der Waals surface area contributed by atoms with Crippen molar-refractivity contribution in [2.24, 2.45) is 0 Å². The number of hydrogen-bond acceptors (Lipinski definition) is 3. The van der Waals surface area contributed by atoms with Gasteiger partial charge in [-0.05, 0) is 34.1 Å². The molecule has 0 amide bonds. The van der Waals surface area contributed by atoms with Crippen LogP contribution >= 0.6 is 23.1 Å². The first kappa shape index (κ1) is 8.61. The third-order valence-electron chi connectivity index (χ3n) is 1.74. The minimum absolute atomic E-state index is 0.492. The summed E-state index contributed by atoms with van der Waals surface area (Å²) in [7, 11) is 0. The maximum Gasteiger partial charge on any atom is 0.0713 e. The summed E-state index contributed by atoms with van der Waals surface area (Å²) in [5.41, 5.74) is 2.33. The Morgan fingerprint density at radius 1 is 1.46 bits per heavy atom. The van der Waals surface area contributed by atoms with Crippen molar-refractivity contribution in [2.75, 3.05) is 0 Å². The molecular formula is C10H7NS2. The van der Waals surface area contributed by atoms with Crippen LogP contribution in [0.15, 0.2) is 32.7 Å². The van der Waals surface area contributed by atoms with Crippen LogP contribution < -0.4 is 0 Å². The fraction of sp³-hybridized carbons (Fsp3) is 0.100. The second kappa shape index (κ2) is 3.82. The highest BCUT2D eigenvalue weighted by molar-refractivity contribution is 8.03. The lowest BCUT2D eigenvalue weighted by Crippen LogP contribution is -1.74. The normalized spacial score (nSPS) is 14.2. The molecule has 2 rings (SSSR count). The number of nitrogens with zero attached hydrogens (tertiary/aromatic N) is 1. The summed E-state index contributed by atoms with van der Waals surface area (Å²) in [5.74, 6) is 0. The molecule has 1 nitrogen and oxygen atoms in total. The van der Waals surface area contributed by atoms with E-state index in [1.807, 2.05) is 11.5 Å². The van der Waals surface area contributed by atoms with Gasteiger partial charge in [0.2, 0.25) is 0 Å². The molecule has 1 aliphatic rings. The average molecular weight is 205 g/mol. The van der Waals surface area contributed by atoms with E-state index in [1.54, 1.807) is 23.1 Å². The van der Waals surface area contributed by atoms with E-state index in [2.05, 4.69) is 23.6 Å². The van der Waals surface area contributed by atoms with Gasteiger partial charge in [0.1, 0.15) is 0 Å². The standard InChI is InChI=1S/C10H7NS2/c11-4-1-8-2-5-12-10-9(7-8)3-6-13-10/h2-3,5-7H,1H2. The molecule has 3 heteroatoms. The SMILES string of the molecule is N#CCC1=Cc2ccsc2SC=C1. The lowest BCUT2D eigenvalue weighted by Gasteiger charge is -1.91. The average Bonchev–Trinajstić information content (AvgIpc) is 2.46. The van der Waals surface area contributed by atoms with Gasteiger partial charge in [-0.2, -0.15) is 5.26 Å². The second-order valence-corrected chi connectivity index (χ2v) is 4.73. The minimum Gasteiger partial charge on any atom is -0.198 e. The van der Waals surface area contributed by atoms with Crippen molar-refractivity contribution in [2.45, 2.75) is 10.6 Å². The molecule has 0 aromatic carbocycles. The summed E-state index contributed by atoms with van der Waals surface area (Å²) in [6.45, 7) is 0. The number of thiophene rings is 1. The van der Waals surface area contributed by atoms with E-state index in [-0.39, 0.29) is 0 Å². The number of fused-ring (bicyclic) bond motifs is 1. The van der Waals surface area contributed by atoms with E-state index in [9.17, 15) is 0 Å². The quantitative estimate of drug-likeness (QED) is 0.698. The molecule has 0 aliphatic carbocycles. The van der Waals surface area contributed by atoms with Gasteiger partial charge >= 0.3 is 0 Å². The molecule has 13 heavy (non-hydrogen) atoms. The number of allylic oxidation sites excluding steroid dienone is 2. The zero-order valence-corrected chi connectivity index (χ0v) is 8.49. The number of nitriles is 1. The Balaban J connectivity index is 2.38. The maximum absolute atomic E-state index is 8.58. The third-order valence-corrected chi connectivity index (χ3v) is 3.76. The van der Waals surface area contributed by atoms with Gasteiger partial charge in [-0.15, -0.1) is 11.3 Å². The van der Waals surface area contributed by atoms with Crippen LogP contribution in [-0.4, -0.2) is 0 Å². The van der Waals surface area contributed by atoms with Gasteiger partial charge in [0.05, 0.1) is 16.7 Å². The molecule has 0 atom stereocenters. The van der Waals surface area contributed by atoms with E-state index < -0.39 is 0 Å². The van der Waals surface area contributed by atoms with Crippen molar-refractivity contribution < 1.29 is 0 Å². The zero-order valence-electron chi connectivity index (χ0n) is 6.86. The Morgan fingerprint density at radius 3 is 3.23 bits per heavy atom. The minimum atomic E-state index is 0.492. The highest BCUT2D eigenvalue weighted by Crippen LogP contribution is 2.34. The molecule has 0 bridgehead atoms. The summed E-state index contributed by atoms with van der Waals surface area (Å²) >= 11 is 3.47. The van der Waals surface area contributed by atoms with Crippen LogP contribution in [0, 0.1) is 11.3 Å². The van der Waals surface area contributed by atoms with Gasteiger partial charge in [-0.3, -0.25) is 0 Å². The molecule has 0 N–H and O–H groups in total. The fourth-order valence-electron chi connectivity index (χ4n) is 1.14. The first-order valence-electron chi connectivity index (χ1n) is 3.88. The van der Waals surface area contributed by atoms with Crippen molar-refractivity contribution in [1.82, 2.24) is 0 Å². The van der Waals surface area contributed by atoms with Crippen LogP contribution in [0.5, 0.6) is 0 Å². The van der Waals surface area contributed by atoms with Crippen LogP contribution in [0.1, 0.15) is 12.0 Å². The van der Waals surface area contributed by atoms with Crippen LogP contribution in [0.4, 0.5) is 0 Å². The predicted molar refractivity (Wildman–Crippen MR) is 57.5 cm³/mol. The Kier molecular flexibility index (Phi) is 2.53. The van der Waals surface area contributed by atoms with E-state index in [0.29, 0.717) is 6.42 Å². The summed E-state index contributed by atoms with van der Waals surface area (Å²) in [6, 6.07) is 4.26. The highest BCUT2D eigenvalue weighted by atomic mass is 32.2. The number of hydrogen-bond donors (Lipinski definition) is 0. The first-order valence-corrected chi connectivity index (χ1v) is 5.64. The Morgan fingerprint density at radius 2 is 2.38 bits per heavy atom. The van der Waals surface area contributed by atoms with Crippen molar-refractivity contribution in [3.05, 3.63) is 34.1 Å². The summed E-state index contributed by atoms with van der Waals surface area (Å²) < 4.78 is 1.31. The van der Waals surface area contributed by atoms with Crippen LogP contribution in [0.25, 0.3) is 6.08 Å². The third kappa shape index (κ3) is 1.85. The Hall–Kier alpha value is -0.980. The number of rotatable bonds is 1. The molecule has 0 fully saturated rings.